The average Bonchev–Trinajstić information content (AvgIpc) is 2.64. The van der Waals surface area contributed by atoms with Gasteiger partial charge in [0.2, 0.25) is 11.8 Å². The highest BCUT2D eigenvalue weighted by molar-refractivity contribution is 6.03. The van der Waals surface area contributed by atoms with E-state index in [0.717, 1.165) is 10.9 Å². The number of nitrogens with zero attached hydrogens (tertiary/aromatic N) is 1. The topological polar surface area (TPSA) is 80.3 Å². The van der Waals surface area contributed by atoms with E-state index in [2.05, 4.69) is 15.6 Å². The molecule has 0 fully saturated rings. The van der Waals surface area contributed by atoms with Gasteiger partial charge in [-0.15, -0.1) is 0 Å². The molecule has 6 heteroatoms. The van der Waals surface area contributed by atoms with Gasteiger partial charge in [-0.25, -0.2) is 0 Å². The number of hydrogen-bond acceptors (Lipinski definition) is 4. The van der Waals surface area contributed by atoms with Crippen molar-refractivity contribution in [3.63, 3.8) is 0 Å². The largest absolute Gasteiger partial charge is 0.457 e. The molecule has 0 bridgehead atoms. The lowest BCUT2D eigenvalue weighted by atomic mass is 10.2. The molecule has 2 N–H and O–H groups in total. The van der Waals surface area contributed by atoms with Crippen LogP contribution in [0.15, 0.2) is 60.8 Å². The number of ether oxygens (including phenoxy) is 1. The number of amides is 2. The Hall–Kier alpha value is -3.41. The summed E-state index contributed by atoms with van der Waals surface area (Å²) >= 11 is 0. The van der Waals surface area contributed by atoms with Crippen LogP contribution in [-0.2, 0) is 9.59 Å². The molecule has 0 saturated heterocycles. The second-order valence-corrected chi connectivity index (χ2v) is 5.63. The Labute approximate surface area is 151 Å². The van der Waals surface area contributed by atoms with Gasteiger partial charge in [0.1, 0.15) is 17.9 Å². The Morgan fingerprint density at radius 3 is 2.54 bits per heavy atom. The van der Waals surface area contributed by atoms with Crippen molar-refractivity contribution in [2.24, 2.45) is 0 Å². The minimum absolute atomic E-state index is 0.199. The molecule has 0 radical (unpaired) electrons. The van der Waals surface area contributed by atoms with Crippen molar-refractivity contribution >= 4 is 28.4 Å². The number of rotatable bonds is 6. The van der Waals surface area contributed by atoms with Crippen LogP contribution in [0.2, 0.25) is 0 Å². The van der Waals surface area contributed by atoms with Crippen molar-refractivity contribution in [3.8, 4) is 11.5 Å². The summed E-state index contributed by atoms with van der Waals surface area (Å²) in [6.45, 7) is 2.31. The van der Waals surface area contributed by atoms with Gasteiger partial charge in [0.15, 0.2) is 0 Å². The highest BCUT2D eigenvalue weighted by atomic mass is 16.5. The van der Waals surface area contributed by atoms with E-state index in [-0.39, 0.29) is 18.2 Å². The molecule has 132 valence electrons. The maximum absolute atomic E-state index is 11.8. The molecule has 1 heterocycles. The Morgan fingerprint density at radius 1 is 1.00 bits per heavy atom. The summed E-state index contributed by atoms with van der Waals surface area (Å²) in [5.41, 5.74) is 1.46. The molecule has 2 amide bonds. The fourth-order valence-electron chi connectivity index (χ4n) is 2.50. The number of nitrogens with one attached hydrogen (secondary N) is 2. The molecule has 0 unspecified atom stereocenters. The van der Waals surface area contributed by atoms with Gasteiger partial charge in [0.25, 0.3) is 0 Å². The molecule has 0 saturated carbocycles. The number of hydrogen-bond donors (Lipinski definition) is 2. The number of benzene rings is 2. The molecular weight excluding hydrogens is 330 g/mol. The first-order valence-corrected chi connectivity index (χ1v) is 8.34. The highest BCUT2D eigenvalue weighted by Gasteiger charge is 2.09. The van der Waals surface area contributed by atoms with E-state index >= 15 is 0 Å². The molecular formula is C20H19N3O3. The second-order valence-electron chi connectivity index (χ2n) is 5.63. The molecule has 26 heavy (non-hydrogen) atoms. The van der Waals surface area contributed by atoms with E-state index in [9.17, 15) is 9.59 Å². The van der Waals surface area contributed by atoms with Gasteiger partial charge in [-0.3, -0.25) is 14.6 Å². The predicted octanol–water partition coefficient (Wildman–Crippen LogP) is 3.49. The number of carbonyl (C=O) groups excluding carboxylic acids is 2. The number of para-hydroxylation sites is 1. The molecule has 6 nitrogen and oxygen atoms in total. The van der Waals surface area contributed by atoms with Crippen LogP contribution in [0.4, 0.5) is 5.69 Å². The van der Waals surface area contributed by atoms with Gasteiger partial charge in [-0.05, 0) is 49.4 Å². The minimum Gasteiger partial charge on any atom is -0.457 e. The Balaban J connectivity index is 1.66. The third-order valence-corrected chi connectivity index (χ3v) is 3.67. The van der Waals surface area contributed by atoms with Crippen molar-refractivity contribution in [2.45, 2.75) is 13.3 Å². The van der Waals surface area contributed by atoms with Crippen LogP contribution in [0.5, 0.6) is 11.5 Å². The van der Waals surface area contributed by atoms with Gasteiger partial charge in [0.05, 0.1) is 5.52 Å². The maximum atomic E-state index is 11.8. The standard InChI is InChI=1S/C20H19N3O3/c1-2-21-19(24)13-20(25)23-14-7-9-15(10-8-14)26-18-11-12-22-17-6-4-3-5-16(17)18/h3-12H,2,13H2,1H3,(H,21,24)(H,23,25). The lowest BCUT2D eigenvalue weighted by molar-refractivity contribution is -0.126. The van der Waals surface area contributed by atoms with Crippen LogP contribution < -0.4 is 15.4 Å². The Kier molecular flexibility index (Phi) is 5.43. The SMILES string of the molecule is CCNC(=O)CC(=O)Nc1ccc(Oc2ccnc3ccccc23)cc1. The molecule has 0 aliphatic heterocycles. The normalized spacial score (nSPS) is 10.3. The van der Waals surface area contributed by atoms with Gasteiger partial charge in [-0.1, -0.05) is 12.1 Å². The zero-order valence-electron chi connectivity index (χ0n) is 14.4. The smallest absolute Gasteiger partial charge is 0.233 e. The first-order valence-electron chi connectivity index (χ1n) is 8.34. The third kappa shape index (κ3) is 4.36. The summed E-state index contributed by atoms with van der Waals surface area (Å²) in [5.74, 6) is 0.700. The molecule has 2 aromatic carbocycles. The minimum atomic E-state index is -0.357. The van der Waals surface area contributed by atoms with E-state index in [4.69, 9.17) is 4.74 Å². The fourth-order valence-corrected chi connectivity index (χ4v) is 2.50. The molecule has 0 atom stereocenters. The summed E-state index contributed by atoms with van der Waals surface area (Å²) in [6.07, 6.45) is 1.50. The summed E-state index contributed by atoms with van der Waals surface area (Å²) in [6, 6.07) is 16.5. The number of carbonyl (C=O) groups is 2. The summed E-state index contributed by atoms with van der Waals surface area (Å²) in [7, 11) is 0. The first-order chi connectivity index (χ1) is 12.7. The van der Waals surface area contributed by atoms with E-state index in [0.29, 0.717) is 23.7 Å². The van der Waals surface area contributed by atoms with Crippen LogP contribution in [0, 0.1) is 0 Å². The lowest BCUT2D eigenvalue weighted by Crippen LogP contribution is -2.27. The van der Waals surface area contributed by atoms with Crippen molar-refractivity contribution in [1.82, 2.24) is 10.3 Å². The molecule has 0 spiro atoms. The van der Waals surface area contributed by atoms with Gasteiger partial charge < -0.3 is 15.4 Å². The van der Waals surface area contributed by atoms with Crippen molar-refractivity contribution in [2.75, 3.05) is 11.9 Å². The number of pyridine rings is 1. The van der Waals surface area contributed by atoms with Crippen molar-refractivity contribution in [1.29, 1.82) is 0 Å². The third-order valence-electron chi connectivity index (χ3n) is 3.67. The lowest BCUT2D eigenvalue weighted by Gasteiger charge is -2.10. The number of fused-ring (bicyclic) bond motifs is 1. The fraction of sp³-hybridized carbons (Fsp3) is 0.150. The molecule has 0 aliphatic carbocycles. The van der Waals surface area contributed by atoms with Gasteiger partial charge in [0, 0.05) is 23.8 Å². The van der Waals surface area contributed by atoms with Crippen LogP contribution in [-0.4, -0.2) is 23.3 Å². The zero-order valence-corrected chi connectivity index (χ0v) is 14.4. The maximum Gasteiger partial charge on any atom is 0.233 e. The van der Waals surface area contributed by atoms with E-state index in [1.54, 1.807) is 37.4 Å². The van der Waals surface area contributed by atoms with Crippen LogP contribution in [0.3, 0.4) is 0 Å². The van der Waals surface area contributed by atoms with E-state index < -0.39 is 0 Å². The number of aromatic nitrogens is 1. The van der Waals surface area contributed by atoms with E-state index in [1.807, 2.05) is 30.3 Å². The number of anilines is 1. The van der Waals surface area contributed by atoms with Crippen LogP contribution in [0.25, 0.3) is 10.9 Å². The van der Waals surface area contributed by atoms with Gasteiger partial charge in [-0.2, -0.15) is 0 Å². The molecule has 3 rings (SSSR count). The van der Waals surface area contributed by atoms with Crippen LogP contribution >= 0.6 is 0 Å². The quantitative estimate of drug-likeness (QED) is 0.668. The first kappa shape index (κ1) is 17.4. The molecule has 1 aromatic heterocycles. The monoisotopic (exact) mass is 349 g/mol. The van der Waals surface area contributed by atoms with Gasteiger partial charge >= 0.3 is 0 Å². The molecule has 0 aliphatic rings. The average molecular weight is 349 g/mol. The van der Waals surface area contributed by atoms with Crippen molar-refractivity contribution in [3.05, 3.63) is 60.8 Å². The zero-order chi connectivity index (χ0) is 18.4. The predicted molar refractivity (Wildman–Crippen MR) is 100 cm³/mol. The van der Waals surface area contributed by atoms with E-state index in [1.165, 1.54) is 0 Å². The summed E-state index contributed by atoms with van der Waals surface area (Å²) < 4.78 is 5.93. The van der Waals surface area contributed by atoms with Crippen LogP contribution in [0.1, 0.15) is 13.3 Å². The van der Waals surface area contributed by atoms with Crippen molar-refractivity contribution < 1.29 is 14.3 Å². The Morgan fingerprint density at radius 2 is 1.77 bits per heavy atom. The summed E-state index contributed by atoms with van der Waals surface area (Å²) in [4.78, 5) is 27.5. The second kappa shape index (κ2) is 8.11. The summed E-state index contributed by atoms with van der Waals surface area (Å²) in [5, 5.41) is 6.20. The Bertz CT molecular complexity index is 918. The molecule has 3 aromatic rings. The highest BCUT2D eigenvalue weighted by Crippen LogP contribution is 2.29.